The number of hydrogen-bond acceptors (Lipinski definition) is 2. The van der Waals surface area contributed by atoms with E-state index in [0.29, 0.717) is 5.92 Å². The first-order valence-electron chi connectivity index (χ1n) is 4.44. The summed E-state index contributed by atoms with van der Waals surface area (Å²) in [5.41, 5.74) is 0.0444. The zero-order valence-electron chi connectivity index (χ0n) is 7.47. The number of rotatable bonds is 3. The van der Waals surface area contributed by atoms with Crippen LogP contribution in [0.3, 0.4) is 0 Å². The van der Waals surface area contributed by atoms with E-state index in [-0.39, 0.29) is 12.2 Å². The predicted molar refractivity (Wildman–Crippen MR) is 44.5 cm³/mol. The topological polar surface area (TPSA) is 29.5 Å². The van der Waals surface area contributed by atoms with Gasteiger partial charge < -0.3 is 9.84 Å². The molecule has 1 heterocycles. The summed E-state index contributed by atoms with van der Waals surface area (Å²) in [6.45, 7) is 5.48. The molecule has 1 N–H and O–H groups in total. The Kier molecular flexibility index (Phi) is 2.90. The molecule has 66 valence electrons. The van der Waals surface area contributed by atoms with Crippen LogP contribution < -0.4 is 0 Å². The number of ether oxygens (including phenoxy) is 1. The largest absolute Gasteiger partial charge is 0.396 e. The van der Waals surface area contributed by atoms with Crippen molar-refractivity contribution >= 4 is 0 Å². The molecule has 1 rings (SSSR count). The van der Waals surface area contributed by atoms with E-state index in [1.807, 2.05) is 0 Å². The fourth-order valence-electron chi connectivity index (χ4n) is 1.69. The number of aliphatic hydroxyl groups is 1. The third kappa shape index (κ3) is 1.94. The Morgan fingerprint density at radius 2 is 2.36 bits per heavy atom. The summed E-state index contributed by atoms with van der Waals surface area (Å²) in [6, 6.07) is 0. The molecule has 1 aliphatic heterocycles. The summed E-state index contributed by atoms with van der Waals surface area (Å²) in [6.07, 6.45) is 3.18. The molecule has 0 amide bonds. The summed E-state index contributed by atoms with van der Waals surface area (Å²) in [7, 11) is 0. The third-order valence-corrected chi connectivity index (χ3v) is 2.85. The number of aliphatic hydroxyl groups excluding tert-OH is 1. The van der Waals surface area contributed by atoms with E-state index in [0.717, 1.165) is 19.4 Å². The summed E-state index contributed by atoms with van der Waals surface area (Å²) in [5, 5.41) is 8.76. The molecular formula is C9H18O2. The highest BCUT2D eigenvalue weighted by atomic mass is 16.5. The Morgan fingerprint density at radius 1 is 1.64 bits per heavy atom. The maximum absolute atomic E-state index is 8.76. The van der Waals surface area contributed by atoms with E-state index in [1.54, 1.807) is 0 Å². The molecule has 0 unspecified atom stereocenters. The Balaban J connectivity index is 2.42. The Bertz CT molecular complexity index is 117. The molecule has 0 aliphatic carbocycles. The average Bonchev–Trinajstić information content (AvgIpc) is 2.38. The highest BCUT2D eigenvalue weighted by Gasteiger charge is 2.34. The molecule has 11 heavy (non-hydrogen) atoms. The Hall–Kier alpha value is -0.0800. The van der Waals surface area contributed by atoms with Gasteiger partial charge in [-0.2, -0.15) is 0 Å². The van der Waals surface area contributed by atoms with Crippen molar-refractivity contribution in [1.82, 2.24) is 0 Å². The molecule has 0 saturated carbocycles. The van der Waals surface area contributed by atoms with Crippen molar-refractivity contribution in [3.8, 4) is 0 Å². The Labute approximate surface area is 68.6 Å². The Morgan fingerprint density at radius 3 is 2.82 bits per heavy atom. The van der Waals surface area contributed by atoms with Crippen molar-refractivity contribution in [3.05, 3.63) is 0 Å². The fourth-order valence-corrected chi connectivity index (χ4v) is 1.69. The summed E-state index contributed by atoms with van der Waals surface area (Å²) < 4.78 is 5.64. The van der Waals surface area contributed by atoms with Gasteiger partial charge in [0.1, 0.15) is 0 Å². The SMILES string of the molecule is C[C@@H](CCO)[C@]1(C)CCCO1. The van der Waals surface area contributed by atoms with Crippen LogP contribution in [0.2, 0.25) is 0 Å². The van der Waals surface area contributed by atoms with Crippen molar-refractivity contribution in [3.63, 3.8) is 0 Å². The van der Waals surface area contributed by atoms with Gasteiger partial charge in [0.15, 0.2) is 0 Å². The van der Waals surface area contributed by atoms with Gasteiger partial charge in [0, 0.05) is 13.2 Å². The molecule has 0 aromatic heterocycles. The standard InChI is InChI=1S/C9H18O2/c1-8(4-6-10)9(2)5-3-7-11-9/h8,10H,3-7H2,1-2H3/t8-,9-/m0/s1. The maximum Gasteiger partial charge on any atom is 0.0681 e. The van der Waals surface area contributed by atoms with Crippen LogP contribution in [0, 0.1) is 5.92 Å². The van der Waals surface area contributed by atoms with Crippen LogP contribution in [0.1, 0.15) is 33.1 Å². The molecule has 2 atom stereocenters. The van der Waals surface area contributed by atoms with Crippen LogP contribution in [0.5, 0.6) is 0 Å². The van der Waals surface area contributed by atoms with E-state index in [1.165, 1.54) is 6.42 Å². The van der Waals surface area contributed by atoms with Gasteiger partial charge in [-0.05, 0) is 32.1 Å². The maximum atomic E-state index is 8.76. The van der Waals surface area contributed by atoms with Gasteiger partial charge in [-0.25, -0.2) is 0 Å². The van der Waals surface area contributed by atoms with Gasteiger partial charge >= 0.3 is 0 Å². The second kappa shape index (κ2) is 3.55. The van der Waals surface area contributed by atoms with Gasteiger partial charge in [0.25, 0.3) is 0 Å². The lowest BCUT2D eigenvalue weighted by atomic mass is 9.86. The van der Waals surface area contributed by atoms with Crippen LogP contribution >= 0.6 is 0 Å². The molecule has 1 fully saturated rings. The van der Waals surface area contributed by atoms with Crippen LogP contribution in [0.4, 0.5) is 0 Å². The van der Waals surface area contributed by atoms with Gasteiger partial charge in [-0.1, -0.05) is 6.92 Å². The van der Waals surface area contributed by atoms with Gasteiger partial charge in [-0.3, -0.25) is 0 Å². The van der Waals surface area contributed by atoms with E-state index in [9.17, 15) is 0 Å². The summed E-state index contributed by atoms with van der Waals surface area (Å²) in [5.74, 6) is 0.481. The zero-order chi connectivity index (χ0) is 8.32. The minimum absolute atomic E-state index is 0.0444. The zero-order valence-corrected chi connectivity index (χ0v) is 7.47. The van der Waals surface area contributed by atoms with Gasteiger partial charge in [0.2, 0.25) is 0 Å². The second-order valence-corrected chi connectivity index (χ2v) is 3.68. The molecule has 1 saturated heterocycles. The fraction of sp³-hybridized carbons (Fsp3) is 1.00. The molecule has 0 radical (unpaired) electrons. The van der Waals surface area contributed by atoms with Crippen molar-refractivity contribution in [1.29, 1.82) is 0 Å². The first-order valence-corrected chi connectivity index (χ1v) is 4.44. The first kappa shape index (κ1) is 9.01. The van der Waals surface area contributed by atoms with Gasteiger partial charge in [-0.15, -0.1) is 0 Å². The first-order chi connectivity index (χ1) is 5.19. The van der Waals surface area contributed by atoms with E-state index < -0.39 is 0 Å². The van der Waals surface area contributed by atoms with Crippen molar-refractivity contribution in [2.24, 2.45) is 5.92 Å². The van der Waals surface area contributed by atoms with Crippen molar-refractivity contribution < 1.29 is 9.84 Å². The van der Waals surface area contributed by atoms with E-state index in [2.05, 4.69) is 13.8 Å². The number of hydrogen-bond donors (Lipinski definition) is 1. The molecule has 0 aromatic rings. The molecular weight excluding hydrogens is 140 g/mol. The lowest BCUT2D eigenvalue weighted by Crippen LogP contribution is -2.32. The van der Waals surface area contributed by atoms with Crippen LogP contribution in [0.15, 0.2) is 0 Å². The molecule has 1 aliphatic rings. The van der Waals surface area contributed by atoms with Crippen LogP contribution in [0.25, 0.3) is 0 Å². The monoisotopic (exact) mass is 158 g/mol. The quantitative estimate of drug-likeness (QED) is 0.675. The minimum Gasteiger partial charge on any atom is -0.396 e. The molecule has 0 aromatic carbocycles. The molecule has 2 heteroatoms. The second-order valence-electron chi connectivity index (χ2n) is 3.68. The normalized spacial score (nSPS) is 34.1. The van der Waals surface area contributed by atoms with Crippen molar-refractivity contribution in [2.75, 3.05) is 13.2 Å². The third-order valence-electron chi connectivity index (χ3n) is 2.85. The van der Waals surface area contributed by atoms with Gasteiger partial charge in [0.05, 0.1) is 5.60 Å². The van der Waals surface area contributed by atoms with Crippen molar-refractivity contribution in [2.45, 2.75) is 38.7 Å². The molecule has 0 bridgehead atoms. The molecule has 2 nitrogen and oxygen atoms in total. The molecule has 0 spiro atoms. The summed E-state index contributed by atoms with van der Waals surface area (Å²) >= 11 is 0. The lowest BCUT2D eigenvalue weighted by molar-refractivity contribution is -0.0297. The average molecular weight is 158 g/mol. The smallest absolute Gasteiger partial charge is 0.0681 e. The predicted octanol–water partition coefficient (Wildman–Crippen LogP) is 1.57. The van der Waals surface area contributed by atoms with E-state index in [4.69, 9.17) is 9.84 Å². The van der Waals surface area contributed by atoms with Crippen LogP contribution in [-0.2, 0) is 4.74 Å². The summed E-state index contributed by atoms with van der Waals surface area (Å²) in [4.78, 5) is 0. The minimum atomic E-state index is 0.0444. The van der Waals surface area contributed by atoms with E-state index >= 15 is 0 Å². The van der Waals surface area contributed by atoms with Crippen LogP contribution in [-0.4, -0.2) is 23.9 Å². The highest BCUT2D eigenvalue weighted by Crippen LogP contribution is 2.33. The highest BCUT2D eigenvalue weighted by molar-refractivity contribution is 4.84. The lowest BCUT2D eigenvalue weighted by Gasteiger charge is -2.30.